The SMILES string of the molecule is c1ccc(-c2cc(-c3ccccc3)cc(N(c3cccc4c3sc3ccccc34)c3cccc4c5cc(-c6ccccc6)cc(-c6ccccc6)c5n(-c5ccccc5)c34)c2)cc1. The summed E-state index contributed by atoms with van der Waals surface area (Å²) in [6.45, 7) is 0. The normalized spacial score (nSPS) is 11.5. The second-order valence-electron chi connectivity index (χ2n) is 16.1. The quantitative estimate of drug-likeness (QED) is 0.148. The molecule has 0 saturated carbocycles. The largest absolute Gasteiger partial charge is 0.307 e. The predicted octanol–water partition coefficient (Wildman–Crippen LogP) is 17.3. The smallest absolute Gasteiger partial charge is 0.0782 e. The van der Waals surface area contributed by atoms with Crippen LogP contribution in [0.4, 0.5) is 17.1 Å². The summed E-state index contributed by atoms with van der Waals surface area (Å²) in [4.78, 5) is 2.54. The first-order valence-electron chi connectivity index (χ1n) is 21.5. The summed E-state index contributed by atoms with van der Waals surface area (Å²) in [5, 5.41) is 4.94. The fourth-order valence-corrected chi connectivity index (χ4v) is 10.7. The highest BCUT2D eigenvalue weighted by Gasteiger charge is 2.26. The lowest BCUT2D eigenvalue weighted by atomic mass is 9.95. The fraction of sp³-hybridized carbons (Fsp3) is 0. The van der Waals surface area contributed by atoms with E-state index in [1.54, 1.807) is 0 Å². The third kappa shape index (κ3) is 6.41. The molecule has 12 rings (SSSR count). The maximum absolute atomic E-state index is 2.54. The van der Waals surface area contributed by atoms with Crippen LogP contribution in [-0.4, -0.2) is 4.57 Å². The van der Waals surface area contributed by atoms with Gasteiger partial charge in [0.2, 0.25) is 0 Å². The number of fused-ring (bicyclic) bond motifs is 6. The Balaban J connectivity index is 1.25. The molecule has 0 saturated heterocycles. The van der Waals surface area contributed by atoms with E-state index in [4.69, 9.17) is 0 Å². The van der Waals surface area contributed by atoms with Crippen molar-refractivity contribution in [3.8, 4) is 50.2 Å². The minimum absolute atomic E-state index is 1.09. The number of anilines is 3. The second kappa shape index (κ2) is 15.5. The van der Waals surface area contributed by atoms with Crippen molar-refractivity contribution in [2.24, 2.45) is 0 Å². The van der Waals surface area contributed by atoms with Crippen molar-refractivity contribution in [2.75, 3.05) is 4.90 Å². The van der Waals surface area contributed by atoms with E-state index in [9.17, 15) is 0 Å². The lowest BCUT2D eigenvalue weighted by Gasteiger charge is -2.29. The Morgan fingerprint density at radius 2 is 0.810 bits per heavy atom. The lowest BCUT2D eigenvalue weighted by Crippen LogP contribution is -2.12. The van der Waals surface area contributed by atoms with E-state index in [0.29, 0.717) is 0 Å². The van der Waals surface area contributed by atoms with E-state index < -0.39 is 0 Å². The van der Waals surface area contributed by atoms with Crippen LogP contribution in [0.25, 0.3) is 92.2 Å². The van der Waals surface area contributed by atoms with Crippen LogP contribution >= 0.6 is 11.3 Å². The summed E-state index contributed by atoms with van der Waals surface area (Å²) >= 11 is 1.87. The number of thiophene rings is 1. The molecule has 2 nitrogen and oxygen atoms in total. The van der Waals surface area contributed by atoms with E-state index in [0.717, 1.165) is 39.4 Å². The molecule has 0 spiro atoms. The van der Waals surface area contributed by atoms with Gasteiger partial charge in [-0.3, -0.25) is 0 Å². The van der Waals surface area contributed by atoms with Gasteiger partial charge in [0.05, 0.1) is 27.1 Å². The van der Waals surface area contributed by atoms with Gasteiger partial charge in [-0.1, -0.05) is 182 Å². The summed E-state index contributed by atoms with van der Waals surface area (Å²) in [6, 6.07) is 88.6. The summed E-state index contributed by atoms with van der Waals surface area (Å²) in [7, 11) is 0. The Hall–Kier alpha value is -7.98. The fourth-order valence-electron chi connectivity index (χ4n) is 9.48. The van der Waals surface area contributed by atoms with Gasteiger partial charge in [0.1, 0.15) is 0 Å². The highest BCUT2D eigenvalue weighted by atomic mass is 32.1. The molecule has 3 heteroatoms. The number of aromatic nitrogens is 1. The minimum Gasteiger partial charge on any atom is -0.307 e. The summed E-state index contributed by atoms with van der Waals surface area (Å²) in [5.74, 6) is 0. The van der Waals surface area contributed by atoms with Crippen LogP contribution in [0.5, 0.6) is 0 Å². The van der Waals surface area contributed by atoms with Crippen molar-refractivity contribution in [3.05, 3.63) is 243 Å². The standard InChI is InChI=1S/C60H40N2S/c1-6-20-41(21-7-1)45-36-46(42-22-8-2-9-23-42)38-49(37-45)61(56-34-19-32-52-50-30-16-17-35-57(50)63-60(52)56)55-33-18-31-51-54-40-47(43-24-10-3-11-25-43)39-53(44-26-12-4-13-27-44)58(54)62(59(51)55)48-28-14-5-15-29-48/h1-40H. The molecule has 296 valence electrons. The molecule has 0 aliphatic carbocycles. The molecule has 12 aromatic rings. The van der Waals surface area contributed by atoms with Crippen molar-refractivity contribution in [3.63, 3.8) is 0 Å². The average Bonchev–Trinajstić information content (AvgIpc) is 3.92. The first-order valence-corrected chi connectivity index (χ1v) is 22.3. The molecular formula is C60H40N2S. The molecule has 0 radical (unpaired) electrons. The van der Waals surface area contributed by atoms with Gasteiger partial charge < -0.3 is 9.47 Å². The van der Waals surface area contributed by atoms with Crippen LogP contribution in [0.3, 0.4) is 0 Å². The van der Waals surface area contributed by atoms with Gasteiger partial charge in [0, 0.05) is 43.2 Å². The Kier molecular flexibility index (Phi) is 9.06. The van der Waals surface area contributed by atoms with Gasteiger partial charge in [-0.2, -0.15) is 0 Å². The molecule has 0 aliphatic rings. The van der Waals surface area contributed by atoms with E-state index >= 15 is 0 Å². The van der Waals surface area contributed by atoms with Crippen molar-refractivity contribution in [1.82, 2.24) is 4.57 Å². The molecule has 0 N–H and O–H groups in total. The van der Waals surface area contributed by atoms with E-state index in [1.807, 2.05) is 11.3 Å². The monoisotopic (exact) mass is 820 g/mol. The number of benzene rings is 10. The topological polar surface area (TPSA) is 8.17 Å². The number of hydrogen-bond donors (Lipinski definition) is 0. The molecule has 2 heterocycles. The van der Waals surface area contributed by atoms with Gasteiger partial charge in [-0.25, -0.2) is 0 Å². The molecule has 63 heavy (non-hydrogen) atoms. The van der Waals surface area contributed by atoms with Crippen LogP contribution < -0.4 is 4.90 Å². The Bertz CT molecular complexity index is 3540. The Morgan fingerprint density at radius 3 is 1.43 bits per heavy atom. The molecular weight excluding hydrogens is 781 g/mol. The number of para-hydroxylation sites is 2. The minimum atomic E-state index is 1.09. The summed E-state index contributed by atoms with van der Waals surface area (Å²) in [5.41, 5.74) is 16.2. The van der Waals surface area contributed by atoms with Crippen LogP contribution in [0.2, 0.25) is 0 Å². The maximum atomic E-state index is 2.54. The highest BCUT2D eigenvalue weighted by molar-refractivity contribution is 7.26. The Morgan fingerprint density at radius 1 is 0.317 bits per heavy atom. The molecule has 10 aromatic carbocycles. The lowest BCUT2D eigenvalue weighted by molar-refractivity contribution is 1.17. The predicted molar refractivity (Wildman–Crippen MR) is 270 cm³/mol. The van der Waals surface area contributed by atoms with Gasteiger partial charge in [-0.15, -0.1) is 11.3 Å². The van der Waals surface area contributed by atoms with Gasteiger partial charge in [-0.05, 0) is 99.6 Å². The van der Waals surface area contributed by atoms with Crippen molar-refractivity contribution >= 4 is 70.4 Å². The number of rotatable bonds is 8. The highest BCUT2D eigenvalue weighted by Crippen LogP contribution is 2.50. The first-order chi connectivity index (χ1) is 31.3. The molecule has 0 bridgehead atoms. The van der Waals surface area contributed by atoms with Crippen LogP contribution in [0, 0.1) is 0 Å². The molecule has 0 aliphatic heterocycles. The van der Waals surface area contributed by atoms with Crippen molar-refractivity contribution < 1.29 is 0 Å². The first kappa shape index (κ1) is 36.8. The molecule has 0 atom stereocenters. The van der Waals surface area contributed by atoms with Gasteiger partial charge in [0.15, 0.2) is 0 Å². The van der Waals surface area contributed by atoms with E-state index in [1.165, 1.54) is 69.8 Å². The van der Waals surface area contributed by atoms with Gasteiger partial charge in [0.25, 0.3) is 0 Å². The summed E-state index contributed by atoms with van der Waals surface area (Å²) in [6.07, 6.45) is 0. The maximum Gasteiger partial charge on any atom is 0.0782 e. The Labute approximate surface area is 370 Å². The van der Waals surface area contributed by atoms with Crippen LogP contribution in [0.15, 0.2) is 243 Å². The molecule has 0 fully saturated rings. The van der Waals surface area contributed by atoms with Gasteiger partial charge >= 0.3 is 0 Å². The molecule has 0 unspecified atom stereocenters. The van der Waals surface area contributed by atoms with Crippen molar-refractivity contribution in [2.45, 2.75) is 0 Å². The molecule has 2 aromatic heterocycles. The third-order valence-corrected chi connectivity index (χ3v) is 13.5. The van der Waals surface area contributed by atoms with Crippen LogP contribution in [0.1, 0.15) is 0 Å². The third-order valence-electron chi connectivity index (χ3n) is 12.3. The van der Waals surface area contributed by atoms with Crippen molar-refractivity contribution in [1.29, 1.82) is 0 Å². The zero-order chi connectivity index (χ0) is 41.7. The second-order valence-corrected chi connectivity index (χ2v) is 17.1. The average molecular weight is 821 g/mol. The van der Waals surface area contributed by atoms with E-state index in [2.05, 4.69) is 252 Å². The number of hydrogen-bond acceptors (Lipinski definition) is 2. The molecule has 0 amide bonds. The number of nitrogens with zero attached hydrogens (tertiary/aromatic N) is 2. The summed E-state index contributed by atoms with van der Waals surface area (Å²) < 4.78 is 5.05. The van der Waals surface area contributed by atoms with Crippen LogP contribution in [-0.2, 0) is 0 Å². The zero-order valence-corrected chi connectivity index (χ0v) is 35.2. The zero-order valence-electron chi connectivity index (χ0n) is 34.4. The van der Waals surface area contributed by atoms with E-state index in [-0.39, 0.29) is 0 Å².